The van der Waals surface area contributed by atoms with Crippen LogP contribution in [0.2, 0.25) is 0 Å². The molecular weight excluding hydrogens is 277 g/mol. The number of carbonyl (C=O) groups is 2. The first kappa shape index (κ1) is 14.5. The number of carbonyl (C=O) groups excluding carboxylic acids is 1. The molecule has 2 aromatic rings. The van der Waals surface area contributed by atoms with Gasteiger partial charge in [0.25, 0.3) is 5.91 Å². The number of halogens is 1. The van der Waals surface area contributed by atoms with E-state index in [1.807, 2.05) is 0 Å². The van der Waals surface area contributed by atoms with Gasteiger partial charge in [-0.1, -0.05) is 30.3 Å². The van der Waals surface area contributed by atoms with Crippen LogP contribution in [0, 0.1) is 5.82 Å². The number of hydrogen-bond acceptors (Lipinski definition) is 3. The number of aromatic hydroxyl groups is 1. The zero-order chi connectivity index (χ0) is 15.4. The number of phenols is 1. The summed E-state index contributed by atoms with van der Waals surface area (Å²) in [6.07, 6.45) is 0. The van der Waals surface area contributed by atoms with Crippen molar-refractivity contribution in [2.45, 2.75) is 6.04 Å². The summed E-state index contributed by atoms with van der Waals surface area (Å²) < 4.78 is 12.9. The van der Waals surface area contributed by atoms with Gasteiger partial charge < -0.3 is 15.5 Å². The van der Waals surface area contributed by atoms with Gasteiger partial charge in [0, 0.05) is 6.07 Å². The van der Waals surface area contributed by atoms with Gasteiger partial charge in [-0.2, -0.15) is 0 Å². The summed E-state index contributed by atoms with van der Waals surface area (Å²) in [6, 6.07) is 9.75. The highest BCUT2D eigenvalue weighted by molar-refractivity contribution is 5.99. The van der Waals surface area contributed by atoms with Crippen LogP contribution in [-0.4, -0.2) is 22.1 Å². The second-order valence-corrected chi connectivity index (χ2v) is 4.32. The van der Waals surface area contributed by atoms with Crippen LogP contribution in [-0.2, 0) is 4.79 Å². The Morgan fingerprint density at radius 1 is 1.10 bits per heavy atom. The van der Waals surface area contributed by atoms with Gasteiger partial charge in [0.1, 0.15) is 11.6 Å². The Balaban J connectivity index is 2.25. The first-order valence-electron chi connectivity index (χ1n) is 6.06. The predicted molar refractivity (Wildman–Crippen MR) is 72.3 cm³/mol. The second kappa shape index (κ2) is 6.04. The van der Waals surface area contributed by atoms with E-state index in [1.165, 1.54) is 0 Å². The molecule has 0 bridgehead atoms. The van der Waals surface area contributed by atoms with Gasteiger partial charge in [-0.15, -0.1) is 0 Å². The molecule has 0 radical (unpaired) electrons. The zero-order valence-corrected chi connectivity index (χ0v) is 10.8. The molecule has 108 valence electrons. The number of carboxylic acids is 1. The average molecular weight is 289 g/mol. The van der Waals surface area contributed by atoms with E-state index in [0.29, 0.717) is 5.56 Å². The summed E-state index contributed by atoms with van der Waals surface area (Å²) in [6.45, 7) is 0. The van der Waals surface area contributed by atoms with Crippen molar-refractivity contribution >= 4 is 11.9 Å². The molecule has 1 atom stereocenters. The van der Waals surface area contributed by atoms with Crippen molar-refractivity contribution in [3.05, 3.63) is 65.5 Å². The number of aliphatic carboxylic acids is 1. The molecule has 2 rings (SSSR count). The third-order valence-corrected chi connectivity index (χ3v) is 2.86. The van der Waals surface area contributed by atoms with Crippen LogP contribution in [0.25, 0.3) is 0 Å². The first-order chi connectivity index (χ1) is 9.99. The first-order valence-corrected chi connectivity index (χ1v) is 6.06. The molecule has 0 unspecified atom stereocenters. The number of amides is 1. The summed E-state index contributed by atoms with van der Waals surface area (Å²) in [5.74, 6) is -3.29. The maximum Gasteiger partial charge on any atom is 0.330 e. The Labute approximate surface area is 119 Å². The third kappa shape index (κ3) is 3.36. The maximum atomic E-state index is 12.9. The molecule has 0 aliphatic heterocycles. The van der Waals surface area contributed by atoms with Gasteiger partial charge in [0.05, 0.1) is 5.56 Å². The van der Waals surface area contributed by atoms with Crippen LogP contribution in [0.15, 0.2) is 48.5 Å². The molecule has 0 saturated heterocycles. The fourth-order valence-electron chi connectivity index (χ4n) is 1.84. The molecule has 6 heteroatoms. The van der Waals surface area contributed by atoms with Gasteiger partial charge in [0.2, 0.25) is 0 Å². The Kier molecular flexibility index (Phi) is 4.18. The average Bonchev–Trinajstić information content (AvgIpc) is 2.45. The van der Waals surface area contributed by atoms with Crippen LogP contribution in [0.4, 0.5) is 4.39 Å². The van der Waals surface area contributed by atoms with Gasteiger partial charge in [-0.3, -0.25) is 4.79 Å². The van der Waals surface area contributed by atoms with Crippen molar-refractivity contribution in [3.8, 4) is 5.75 Å². The van der Waals surface area contributed by atoms with Crippen molar-refractivity contribution < 1.29 is 24.2 Å². The van der Waals surface area contributed by atoms with Crippen LogP contribution in [0.5, 0.6) is 5.75 Å². The molecule has 0 aliphatic carbocycles. The van der Waals surface area contributed by atoms with E-state index in [0.717, 1.165) is 18.2 Å². The van der Waals surface area contributed by atoms with Crippen molar-refractivity contribution in [1.82, 2.24) is 5.32 Å². The van der Waals surface area contributed by atoms with E-state index in [2.05, 4.69) is 5.32 Å². The molecule has 1 amide bonds. The van der Waals surface area contributed by atoms with Crippen LogP contribution < -0.4 is 5.32 Å². The zero-order valence-electron chi connectivity index (χ0n) is 10.8. The fourth-order valence-corrected chi connectivity index (χ4v) is 1.84. The molecule has 0 fully saturated rings. The van der Waals surface area contributed by atoms with Crippen molar-refractivity contribution in [3.63, 3.8) is 0 Å². The molecule has 0 heterocycles. The highest BCUT2D eigenvalue weighted by atomic mass is 19.1. The fraction of sp³-hybridized carbons (Fsp3) is 0.0667. The van der Waals surface area contributed by atoms with E-state index in [4.69, 9.17) is 0 Å². The van der Waals surface area contributed by atoms with Crippen LogP contribution >= 0.6 is 0 Å². The molecule has 21 heavy (non-hydrogen) atoms. The number of carboxylic acid groups (broad SMARTS) is 1. The highest BCUT2D eigenvalue weighted by Crippen LogP contribution is 2.20. The van der Waals surface area contributed by atoms with Gasteiger partial charge in [-0.25, -0.2) is 9.18 Å². The largest absolute Gasteiger partial charge is 0.507 e. The highest BCUT2D eigenvalue weighted by Gasteiger charge is 2.23. The summed E-state index contributed by atoms with van der Waals surface area (Å²) >= 11 is 0. The molecule has 3 N–H and O–H groups in total. The Morgan fingerprint density at radius 3 is 2.33 bits per heavy atom. The van der Waals surface area contributed by atoms with E-state index in [9.17, 15) is 24.2 Å². The molecule has 0 spiro atoms. The normalized spacial score (nSPS) is 11.7. The van der Waals surface area contributed by atoms with E-state index < -0.39 is 29.5 Å². The number of phenolic OH excluding ortho intramolecular Hbond substituents is 1. The van der Waals surface area contributed by atoms with E-state index in [1.54, 1.807) is 30.3 Å². The number of rotatable bonds is 4. The minimum atomic E-state index is -1.26. The summed E-state index contributed by atoms with van der Waals surface area (Å²) in [5.41, 5.74) is 0.193. The van der Waals surface area contributed by atoms with Crippen LogP contribution in [0.3, 0.4) is 0 Å². The quantitative estimate of drug-likeness (QED) is 0.804. The smallest absolute Gasteiger partial charge is 0.330 e. The number of benzene rings is 2. The number of hydrogen-bond donors (Lipinski definition) is 3. The van der Waals surface area contributed by atoms with Gasteiger partial charge in [-0.05, 0) is 17.7 Å². The van der Waals surface area contributed by atoms with Crippen molar-refractivity contribution in [2.24, 2.45) is 0 Å². The van der Waals surface area contributed by atoms with Gasteiger partial charge >= 0.3 is 5.97 Å². The topological polar surface area (TPSA) is 86.6 Å². The minimum Gasteiger partial charge on any atom is -0.507 e. The SMILES string of the molecule is O=C(N[C@@H](C(=O)O)c1ccccc1)c1ccc(F)cc1O. The second-order valence-electron chi connectivity index (χ2n) is 4.32. The lowest BCUT2D eigenvalue weighted by Crippen LogP contribution is -2.33. The summed E-state index contributed by atoms with van der Waals surface area (Å²) in [4.78, 5) is 23.3. The van der Waals surface area contributed by atoms with Crippen molar-refractivity contribution in [2.75, 3.05) is 0 Å². The lowest BCUT2D eigenvalue weighted by molar-refractivity contribution is -0.139. The lowest BCUT2D eigenvalue weighted by Gasteiger charge is -2.15. The van der Waals surface area contributed by atoms with Crippen molar-refractivity contribution in [1.29, 1.82) is 0 Å². The standard InChI is InChI=1S/C15H12FNO4/c16-10-6-7-11(12(18)8-10)14(19)17-13(15(20)21)9-4-2-1-3-5-9/h1-8,13,18H,(H,17,19)(H,20,21)/t13-/m1/s1. The Hall–Kier alpha value is -2.89. The van der Waals surface area contributed by atoms with Gasteiger partial charge in [0.15, 0.2) is 6.04 Å². The number of nitrogens with one attached hydrogen (secondary N) is 1. The third-order valence-electron chi connectivity index (χ3n) is 2.86. The van der Waals surface area contributed by atoms with Crippen LogP contribution in [0.1, 0.15) is 22.0 Å². The molecule has 0 saturated carbocycles. The summed E-state index contributed by atoms with van der Waals surface area (Å²) in [5, 5.41) is 21.0. The molecular formula is C15H12FNO4. The molecule has 5 nitrogen and oxygen atoms in total. The Bertz CT molecular complexity index is 673. The molecule has 0 aliphatic rings. The lowest BCUT2D eigenvalue weighted by atomic mass is 10.1. The Morgan fingerprint density at radius 2 is 1.76 bits per heavy atom. The molecule has 2 aromatic carbocycles. The maximum absolute atomic E-state index is 12.9. The minimum absolute atomic E-state index is 0.196. The monoisotopic (exact) mass is 289 g/mol. The predicted octanol–water partition coefficient (Wildman–Crippen LogP) is 2.09. The molecule has 0 aromatic heterocycles. The van der Waals surface area contributed by atoms with E-state index in [-0.39, 0.29) is 5.56 Å². The summed E-state index contributed by atoms with van der Waals surface area (Å²) in [7, 11) is 0. The van der Waals surface area contributed by atoms with E-state index >= 15 is 0 Å².